The third-order valence-corrected chi connectivity index (χ3v) is 5.04. The summed E-state index contributed by atoms with van der Waals surface area (Å²) in [6.45, 7) is 7.01. The molecule has 2 aromatic rings. The number of nitrogens with zero attached hydrogens (tertiary/aromatic N) is 1. The van der Waals surface area contributed by atoms with Crippen molar-refractivity contribution in [2.45, 2.75) is 45.3 Å². The molecule has 1 aliphatic rings. The molecule has 0 N–H and O–H groups in total. The first-order chi connectivity index (χ1) is 13.9. The number of hydrogen-bond acceptors (Lipinski definition) is 4. The Bertz CT molecular complexity index is 811. The zero-order chi connectivity index (χ0) is 20.9. The Morgan fingerprint density at radius 1 is 1.10 bits per heavy atom. The summed E-state index contributed by atoms with van der Waals surface area (Å²) >= 11 is 0. The quantitative estimate of drug-likeness (QED) is 0.682. The highest BCUT2D eigenvalue weighted by Crippen LogP contribution is 2.33. The van der Waals surface area contributed by atoms with Crippen LogP contribution in [-0.4, -0.2) is 36.0 Å². The smallest absolute Gasteiger partial charge is 0.410 e. The second kappa shape index (κ2) is 9.12. The Morgan fingerprint density at radius 3 is 2.41 bits per heavy atom. The number of amides is 1. The van der Waals surface area contributed by atoms with Gasteiger partial charge in [-0.25, -0.2) is 4.79 Å². The van der Waals surface area contributed by atoms with E-state index in [1.54, 1.807) is 4.90 Å². The van der Waals surface area contributed by atoms with Crippen molar-refractivity contribution >= 4 is 12.4 Å². The fourth-order valence-electron chi connectivity index (χ4n) is 3.58. The summed E-state index contributed by atoms with van der Waals surface area (Å²) in [7, 11) is 0. The molecule has 2 atom stereocenters. The van der Waals surface area contributed by atoms with Crippen LogP contribution < -0.4 is 4.74 Å². The van der Waals surface area contributed by atoms with Gasteiger partial charge in [0.15, 0.2) is 0 Å². The molecular weight excluding hydrogens is 366 g/mol. The van der Waals surface area contributed by atoms with Crippen molar-refractivity contribution in [2.75, 3.05) is 13.1 Å². The molecule has 2 unspecified atom stereocenters. The minimum atomic E-state index is -0.541. The summed E-state index contributed by atoms with van der Waals surface area (Å²) < 4.78 is 11.3. The van der Waals surface area contributed by atoms with E-state index in [1.165, 1.54) is 0 Å². The molecule has 0 bridgehead atoms. The molecule has 5 nitrogen and oxygen atoms in total. The summed E-state index contributed by atoms with van der Waals surface area (Å²) in [4.78, 5) is 25.7. The topological polar surface area (TPSA) is 55.8 Å². The lowest BCUT2D eigenvalue weighted by atomic mass is 9.81. The Hall–Kier alpha value is -2.82. The summed E-state index contributed by atoms with van der Waals surface area (Å²) in [5.74, 6) is 0.646. The van der Waals surface area contributed by atoms with Crippen molar-refractivity contribution in [3.63, 3.8) is 0 Å². The Morgan fingerprint density at radius 2 is 1.79 bits per heavy atom. The highest BCUT2D eigenvalue weighted by molar-refractivity contribution is 5.69. The molecule has 0 aromatic heterocycles. The maximum Gasteiger partial charge on any atom is 0.410 e. The van der Waals surface area contributed by atoms with Crippen LogP contribution in [0.25, 0.3) is 0 Å². The van der Waals surface area contributed by atoms with Crippen LogP contribution >= 0.6 is 0 Å². The van der Waals surface area contributed by atoms with Gasteiger partial charge in [0.2, 0.25) is 0 Å². The molecule has 29 heavy (non-hydrogen) atoms. The SMILES string of the molecule is CC(C)(C)OC(=O)N1CCC(c2ccc(OCc3ccccc3)cc2)C(C=O)C1. The molecule has 0 aliphatic carbocycles. The summed E-state index contributed by atoms with van der Waals surface area (Å²) in [6.07, 6.45) is 1.33. The first-order valence-electron chi connectivity index (χ1n) is 10.1. The predicted molar refractivity (Wildman–Crippen MR) is 112 cm³/mol. The highest BCUT2D eigenvalue weighted by Gasteiger charge is 2.34. The van der Waals surface area contributed by atoms with Gasteiger partial charge in [-0.2, -0.15) is 0 Å². The van der Waals surface area contributed by atoms with E-state index in [2.05, 4.69) is 0 Å². The molecular formula is C24H29NO4. The van der Waals surface area contributed by atoms with Crippen molar-refractivity contribution in [1.82, 2.24) is 4.90 Å². The number of piperidine rings is 1. The summed E-state index contributed by atoms with van der Waals surface area (Å²) in [5.41, 5.74) is 1.67. The minimum Gasteiger partial charge on any atom is -0.489 e. The van der Waals surface area contributed by atoms with Gasteiger partial charge in [0, 0.05) is 19.0 Å². The van der Waals surface area contributed by atoms with Gasteiger partial charge in [0.25, 0.3) is 0 Å². The lowest BCUT2D eigenvalue weighted by Gasteiger charge is -2.37. The van der Waals surface area contributed by atoms with Crippen molar-refractivity contribution in [1.29, 1.82) is 0 Å². The number of hydrogen-bond donors (Lipinski definition) is 0. The van der Waals surface area contributed by atoms with Crippen LogP contribution in [0.2, 0.25) is 0 Å². The normalized spacial score (nSPS) is 19.5. The van der Waals surface area contributed by atoms with Crippen LogP contribution in [0.4, 0.5) is 4.79 Å². The number of likely N-dealkylation sites (tertiary alicyclic amines) is 1. The monoisotopic (exact) mass is 395 g/mol. The van der Waals surface area contributed by atoms with Crippen molar-refractivity contribution in [3.05, 3.63) is 65.7 Å². The standard InChI is InChI=1S/C24H29NO4/c1-24(2,3)29-23(27)25-14-13-22(20(15-25)16-26)19-9-11-21(12-10-19)28-17-18-7-5-4-6-8-18/h4-12,16,20,22H,13-15,17H2,1-3H3. The average Bonchev–Trinajstić information content (AvgIpc) is 2.71. The van der Waals surface area contributed by atoms with Crippen LogP contribution in [0.1, 0.15) is 44.2 Å². The van der Waals surface area contributed by atoms with Gasteiger partial charge in [-0.1, -0.05) is 42.5 Å². The Labute approximate surface area is 172 Å². The lowest BCUT2D eigenvalue weighted by molar-refractivity contribution is -0.113. The molecule has 1 saturated heterocycles. The number of aldehydes is 1. The van der Waals surface area contributed by atoms with Crippen molar-refractivity contribution < 1.29 is 19.1 Å². The molecule has 154 valence electrons. The molecule has 1 aliphatic heterocycles. The molecule has 2 aromatic carbocycles. The van der Waals surface area contributed by atoms with Gasteiger partial charge in [-0.3, -0.25) is 0 Å². The molecule has 3 rings (SSSR count). The molecule has 1 amide bonds. The second-order valence-electron chi connectivity index (χ2n) is 8.46. The van der Waals surface area contributed by atoms with E-state index in [1.807, 2.05) is 75.4 Å². The van der Waals surface area contributed by atoms with E-state index in [-0.39, 0.29) is 17.9 Å². The van der Waals surface area contributed by atoms with E-state index in [0.717, 1.165) is 29.6 Å². The minimum absolute atomic E-state index is 0.0920. The zero-order valence-corrected chi connectivity index (χ0v) is 17.3. The van der Waals surface area contributed by atoms with E-state index >= 15 is 0 Å². The van der Waals surface area contributed by atoms with Crippen LogP contribution in [0.3, 0.4) is 0 Å². The van der Waals surface area contributed by atoms with Crippen LogP contribution in [0.5, 0.6) is 5.75 Å². The number of carbonyl (C=O) groups is 2. The van der Waals surface area contributed by atoms with Gasteiger partial charge in [-0.15, -0.1) is 0 Å². The molecule has 1 heterocycles. The highest BCUT2D eigenvalue weighted by atomic mass is 16.6. The predicted octanol–water partition coefficient (Wildman–Crippen LogP) is 4.81. The largest absolute Gasteiger partial charge is 0.489 e. The van der Waals surface area contributed by atoms with Gasteiger partial charge in [0.05, 0.1) is 0 Å². The fraction of sp³-hybridized carbons (Fsp3) is 0.417. The molecule has 0 saturated carbocycles. The maximum atomic E-state index is 12.3. The van der Waals surface area contributed by atoms with Gasteiger partial charge in [0.1, 0.15) is 24.2 Å². The summed E-state index contributed by atoms with van der Waals surface area (Å²) in [5, 5.41) is 0. The van der Waals surface area contributed by atoms with E-state index in [0.29, 0.717) is 19.7 Å². The van der Waals surface area contributed by atoms with Crippen molar-refractivity contribution in [3.8, 4) is 5.75 Å². The molecule has 0 radical (unpaired) electrons. The number of carbonyl (C=O) groups excluding carboxylic acids is 2. The molecule has 0 spiro atoms. The maximum absolute atomic E-state index is 12.3. The van der Waals surface area contributed by atoms with Crippen LogP contribution in [0, 0.1) is 5.92 Å². The zero-order valence-electron chi connectivity index (χ0n) is 17.3. The van der Waals surface area contributed by atoms with Crippen molar-refractivity contribution in [2.24, 2.45) is 5.92 Å². The Kier molecular flexibility index (Phi) is 6.57. The number of rotatable bonds is 5. The summed E-state index contributed by atoms with van der Waals surface area (Å²) in [6, 6.07) is 17.9. The lowest BCUT2D eigenvalue weighted by Crippen LogP contribution is -2.45. The number of ether oxygens (including phenoxy) is 2. The average molecular weight is 395 g/mol. The van der Waals surface area contributed by atoms with E-state index in [4.69, 9.17) is 9.47 Å². The third kappa shape index (κ3) is 5.83. The van der Waals surface area contributed by atoms with Crippen LogP contribution in [0.15, 0.2) is 54.6 Å². The van der Waals surface area contributed by atoms with E-state index in [9.17, 15) is 9.59 Å². The third-order valence-electron chi connectivity index (χ3n) is 5.04. The van der Waals surface area contributed by atoms with Crippen LogP contribution in [-0.2, 0) is 16.1 Å². The first-order valence-corrected chi connectivity index (χ1v) is 10.1. The van der Waals surface area contributed by atoms with Gasteiger partial charge < -0.3 is 19.2 Å². The Balaban J connectivity index is 1.60. The van der Waals surface area contributed by atoms with E-state index < -0.39 is 5.60 Å². The number of benzene rings is 2. The first kappa shape index (κ1) is 20.9. The van der Waals surface area contributed by atoms with Gasteiger partial charge >= 0.3 is 6.09 Å². The molecule has 1 fully saturated rings. The fourth-order valence-corrected chi connectivity index (χ4v) is 3.58. The van der Waals surface area contributed by atoms with Gasteiger partial charge in [-0.05, 0) is 56.4 Å². The second-order valence-corrected chi connectivity index (χ2v) is 8.46. The molecule has 5 heteroatoms.